The predicted molar refractivity (Wildman–Crippen MR) is 65.1 cm³/mol. The molecule has 0 saturated carbocycles. The van der Waals surface area contributed by atoms with Crippen LogP contribution >= 0.6 is 0 Å². The topological polar surface area (TPSA) is 72.9 Å². The first-order valence-electron chi connectivity index (χ1n) is 6.43. The zero-order valence-corrected chi connectivity index (χ0v) is 10.7. The summed E-state index contributed by atoms with van der Waals surface area (Å²) in [5.41, 5.74) is 6.02. The minimum Gasteiger partial charge on any atom is -0.326 e. The third-order valence-electron chi connectivity index (χ3n) is 3.44. The van der Waals surface area contributed by atoms with Crippen molar-refractivity contribution in [2.45, 2.75) is 45.8 Å². The van der Waals surface area contributed by atoms with Gasteiger partial charge in [0.2, 0.25) is 0 Å². The number of likely N-dealkylation sites (tertiary alicyclic amines) is 1. The Morgan fingerprint density at radius 3 is 2.88 bits per heavy atom. The standard InChI is InChI=1S/C11H22N6/c1-3-4-5-17-11(13-14-15-17)8-16-6-9(2)10(12)7-16/h9-10H,3-8,12H2,1-2H3. The summed E-state index contributed by atoms with van der Waals surface area (Å²) in [5, 5.41) is 11.9. The van der Waals surface area contributed by atoms with Gasteiger partial charge in [-0.2, -0.15) is 0 Å². The first-order valence-corrected chi connectivity index (χ1v) is 6.43. The number of unbranched alkanes of at least 4 members (excludes halogenated alkanes) is 1. The van der Waals surface area contributed by atoms with E-state index in [1.807, 2.05) is 4.68 Å². The van der Waals surface area contributed by atoms with E-state index in [2.05, 4.69) is 34.3 Å². The van der Waals surface area contributed by atoms with E-state index >= 15 is 0 Å². The van der Waals surface area contributed by atoms with Crippen LogP contribution < -0.4 is 5.73 Å². The Morgan fingerprint density at radius 2 is 2.24 bits per heavy atom. The molecule has 96 valence electrons. The van der Waals surface area contributed by atoms with Gasteiger partial charge in [-0.15, -0.1) is 5.10 Å². The van der Waals surface area contributed by atoms with Crippen LogP contribution in [0.5, 0.6) is 0 Å². The second-order valence-corrected chi connectivity index (χ2v) is 5.01. The van der Waals surface area contributed by atoms with Crippen molar-refractivity contribution >= 4 is 0 Å². The highest BCUT2D eigenvalue weighted by molar-refractivity contribution is 4.89. The maximum absolute atomic E-state index is 6.02. The highest BCUT2D eigenvalue weighted by atomic mass is 15.5. The van der Waals surface area contributed by atoms with Gasteiger partial charge in [0.15, 0.2) is 5.82 Å². The largest absolute Gasteiger partial charge is 0.326 e. The minimum atomic E-state index is 0.287. The monoisotopic (exact) mass is 238 g/mol. The molecule has 0 radical (unpaired) electrons. The molecule has 0 amide bonds. The van der Waals surface area contributed by atoms with Crippen molar-refractivity contribution in [2.75, 3.05) is 13.1 Å². The van der Waals surface area contributed by atoms with Gasteiger partial charge in [-0.1, -0.05) is 20.3 Å². The molecule has 1 fully saturated rings. The summed E-state index contributed by atoms with van der Waals surface area (Å²) in [7, 11) is 0. The lowest BCUT2D eigenvalue weighted by molar-refractivity contribution is 0.301. The predicted octanol–water partition coefficient (Wildman–Crippen LogP) is 0.252. The smallest absolute Gasteiger partial charge is 0.165 e. The van der Waals surface area contributed by atoms with E-state index in [1.165, 1.54) is 0 Å². The molecule has 6 nitrogen and oxygen atoms in total. The molecule has 2 heterocycles. The molecule has 1 aromatic heterocycles. The number of aromatic nitrogens is 4. The van der Waals surface area contributed by atoms with E-state index in [1.54, 1.807) is 0 Å². The first-order chi connectivity index (χ1) is 8.20. The molecule has 0 spiro atoms. The van der Waals surface area contributed by atoms with Crippen molar-refractivity contribution in [2.24, 2.45) is 11.7 Å². The molecule has 0 aromatic carbocycles. The fourth-order valence-corrected chi connectivity index (χ4v) is 2.24. The van der Waals surface area contributed by atoms with Crippen LogP contribution in [0.25, 0.3) is 0 Å². The Bertz CT molecular complexity index is 339. The SMILES string of the molecule is CCCCn1nnnc1CN1CC(C)C(N)C1. The summed E-state index contributed by atoms with van der Waals surface area (Å²) in [6.45, 7) is 8.09. The highest BCUT2D eigenvalue weighted by Gasteiger charge is 2.27. The van der Waals surface area contributed by atoms with Gasteiger partial charge >= 0.3 is 0 Å². The van der Waals surface area contributed by atoms with E-state index in [4.69, 9.17) is 5.73 Å². The first kappa shape index (κ1) is 12.4. The Hall–Kier alpha value is -1.01. The lowest BCUT2D eigenvalue weighted by atomic mass is 10.1. The summed E-state index contributed by atoms with van der Waals surface area (Å²) in [4.78, 5) is 2.34. The average Bonchev–Trinajstić information content (AvgIpc) is 2.85. The number of aryl methyl sites for hydroxylation is 1. The van der Waals surface area contributed by atoms with Crippen molar-refractivity contribution < 1.29 is 0 Å². The number of hydrogen-bond donors (Lipinski definition) is 1. The third kappa shape index (κ3) is 3.01. The van der Waals surface area contributed by atoms with Crippen LogP contribution in [0.15, 0.2) is 0 Å². The molecule has 1 aliphatic rings. The van der Waals surface area contributed by atoms with Crippen LogP contribution in [0.4, 0.5) is 0 Å². The molecule has 17 heavy (non-hydrogen) atoms. The van der Waals surface area contributed by atoms with E-state index < -0.39 is 0 Å². The molecule has 2 N–H and O–H groups in total. The summed E-state index contributed by atoms with van der Waals surface area (Å²) in [6.07, 6.45) is 2.28. The van der Waals surface area contributed by atoms with Gasteiger partial charge < -0.3 is 5.73 Å². The van der Waals surface area contributed by atoms with Crippen molar-refractivity contribution in [3.8, 4) is 0 Å². The Kier molecular flexibility index (Phi) is 4.06. The molecule has 1 saturated heterocycles. The van der Waals surface area contributed by atoms with Crippen molar-refractivity contribution in [1.29, 1.82) is 0 Å². The quantitative estimate of drug-likeness (QED) is 0.796. The van der Waals surface area contributed by atoms with Crippen LogP contribution in [0.3, 0.4) is 0 Å². The third-order valence-corrected chi connectivity index (χ3v) is 3.44. The molecule has 2 unspecified atom stereocenters. The maximum atomic E-state index is 6.02. The number of nitrogens with zero attached hydrogens (tertiary/aromatic N) is 5. The van der Waals surface area contributed by atoms with Gasteiger partial charge in [0, 0.05) is 25.7 Å². The zero-order valence-electron chi connectivity index (χ0n) is 10.7. The number of hydrogen-bond acceptors (Lipinski definition) is 5. The lowest BCUT2D eigenvalue weighted by Crippen LogP contribution is -2.29. The van der Waals surface area contributed by atoms with Crippen molar-refractivity contribution in [3.05, 3.63) is 5.82 Å². The molecular weight excluding hydrogens is 216 g/mol. The minimum absolute atomic E-state index is 0.287. The molecule has 0 aliphatic carbocycles. The molecule has 1 aliphatic heterocycles. The number of tetrazole rings is 1. The van der Waals surface area contributed by atoms with E-state index in [9.17, 15) is 0 Å². The molecule has 2 rings (SSSR count). The second kappa shape index (κ2) is 5.55. The Labute approximate surface area is 102 Å². The van der Waals surface area contributed by atoms with Gasteiger partial charge in [0.25, 0.3) is 0 Å². The van der Waals surface area contributed by atoms with E-state index in [0.29, 0.717) is 5.92 Å². The summed E-state index contributed by atoms with van der Waals surface area (Å²) in [6, 6.07) is 0.287. The normalized spacial score (nSPS) is 25.6. The molecule has 0 bridgehead atoms. The van der Waals surface area contributed by atoms with Crippen LogP contribution in [-0.2, 0) is 13.1 Å². The van der Waals surface area contributed by atoms with Crippen molar-refractivity contribution in [1.82, 2.24) is 25.1 Å². The van der Waals surface area contributed by atoms with E-state index in [0.717, 1.165) is 44.8 Å². The molecular formula is C11H22N6. The Balaban J connectivity index is 1.92. The van der Waals surface area contributed by atoms with Gasteiger partial charge in [-0.3, -0.25) is 4.90 Å². The summed E-state index contributed by atoms with van der Waals surface area (Å²) < 4.78 is 1.91. The van der Waals surface area contributed by atoms with Gasteiger partial charge in [-0.25, -0.2) is 4.68 Å². The van der Waals surface area contributed by atoms with Crippen LogP contribution in [0.2, 0.25) is 0 Å². The van der Waals surface area contributed by atoms with Gasteiger partial charge in [0.05, 0.1) is 6.54 Å². The van der Waals surface area contributed by atoms with Gasteiger partial charge in [-0.05, 0) is 22.8 Å². The van der Waals surface area contributed by atoms with E-state index in [-0.39, 0.29) is 6.04 Å². The fraction of sp³-hybridized carbons (Fsp3) is 0.909. The maximum Gasteiger partial charge on any atom is 0.165 e. The van der Waals surface area contributed by atoms with Gasteiger partial charge in [0.1, 0.15) is 0 Å². The molecule has 6 heteroatoms. The second-order valence-electron chi connectivity index (χ2n) is 5.01. The van der Waals surface area contributed by atoms with Crippen LogP contribution in [-0.4, -0.2) is 44.2 Å². The summed E-state index contributed by atoms with van der Waals surface area (Å²) in [5.74, 6) is 1.52. The Morgan fingerprint density at radius 1 is 1.41 bits per heavy atom. The zero-order chi connectivity index (χ0) is 12.3. The molecule has 2 atom stereocenters. The van der Waals surface area contributed by atoms with Crippen molar-refractivity contribution in [3.63, 3.8) is 0 Å². The summed E-state index contributed by atoms with van der Waals surface area (Å²) >= 11 is 0. The fourth-order valence-electron chi connectivity index (χ4n) is 2.24. The molecule has 1 aromatic rings. The van der Waals surface area contributed by atoms with Crippen LogP contribution in [0.1, 0.15) is 32.5 Å². The van der Waals surface area contributed by atoms with Crippen LogP contribution in [0, 0.1) is 5.92 Å². The lowest BCUT2D eigenvalue weighted by Gasteiger charge is -2.14. The average molecular weight is 238 g/mol. The highest BCUT2D eigenvalue weighted by Crippen LogP contribution is 2.16. The number of rotatable bonds is 5. The number of nitrogens with two attached hydrogens (primary N) is 1.